The Bertz CT molecular complexity index is 201. The minimum absolute atomic E-state index is 1.17. The van der Waals surface area contributed by atoms with Gasteiger partial charge in [-0.15, -0.1) is 0 Å². The molecule has 0 aromatic carbocycles. The van der Waals surface area contributed by atoms with Crippen molar-refractivity contribution in [3.63, 3.8) is 0 Å². The second-order valence-electron chi connectivity index (χ2n) is 1.84. The van der Waals surface area contributed by atoms with Gasteiger partial charge in [-0.1, -0.05) is 13.8 Å². The molecule has 0 aliphatic carbocycles. The van der Waals surface area contributed by atoms with Crippen LogP contribution in [0, 0.1) is 0 Å². The van der Waals surface area contributed by atoms with Crippen molar-refractivity contribution in [3.8, 4) is 0 Å². The Kier molecular flexibility index (Phi) is 7.61. The third-order valence-corrected chi connectivity index (χ3v) is 0.912. The van der Waals surface area contributed by atoms with Crippen LogP contribution in [-0.4, -0.2) is 34.1 Å². The lowest BCUT2D eigenvalue weighted by Crippen LogP contribution is -2.41. The van der Waals surface area contributed by atoms with Gasteiger partial charge in [-0.05, 0) is 6.92 Å². The molecule has 0 aliphatic rings. The Balaban J connectivity index is 0. The summed E-state index contributed by atoms with van der Waals surface area (Å²) in [6.07, 6.45) is 0. The number of carboxylic acids is 2. The maximum atomic E-state index is 10.3. The molecule has 0 aliphatic heterocycles. The predicted molar refractivity (Wildman–Crippen MR) is 44.2 cm³/mol. The van der Waals surface area contributed by atoms with Crippen LogP contribution in [0.1, 0.15) is 20.8 Å². The van der Waals surface area contributed by atoms with Crippen molar-refractivity contribution in [2.24, 2.45) is 0 Å². The van der Waals surface area contributed by atoms with E-state index >= 15 is 0 Å². The number of aliphatic carboxylic acids is 2. The highest BCUT2D eigenvalue weighted by Gasteiger charge is 2.18. The van der Waals surface area contributed by atoms with E-state index in [4.69, 9.17) is 10.2 Å². The number of amides is 1. The van der Waals surface area contributed by atoms with Crippen LogP contribution in [0.15, 0.2) is 0 Å². The quantitative estimate of drug-likeness (QED) is 0.519. The van der Waals surface area contributed by atoms with Crippen molar-refractivity contribution >= 4 is 17.8 Å². The van der Waals surface area contributed by atoms with Gasteiger partial charge in [0.1, 0.15) is 6.04 Å². The number of rotatable bonds is 2. The van der Waals surface area contributed by atoms with Gasteiger partial charge in [0, 0.05) is 0 Å². The fourth-order valence-electron chi connectivity index (χ4n) is 0.320. The molecule has 0 unspecified atom stereocenters. The second kappa shape index (κ2) is 7.08. The van der Waals surface area contributed by atoms with Crippen LogP contribution in [0.4, 0.5) is 0 Å². The molecule has 0 bridgehead atoms. The maximum absolute atomic E-state index is 10.3. The third kappa shape index (κ3) is 6.79. The predicted octanol–water partition coefficient (Wildman–Crippen LogP) is -0.313. The standard InChI is InChI=1S/C5H7NO5.C2H6/c1-2(4(8)9)6-3(7)5(10)11;1-2/h2H,1H3,(H,6,7)(H,8,9)(H,10,11);1-2H3/t2-;/m1./s1. The smallest absolute Gasteiger partial charge is 0.394 e. The van der Waals surface area contributed by atoms with E-state index in [0.717, 1.165) is 0 Å². The molecule has 0 saturated carbocycles. The van der Waals surface area contributed by atoms with Crippen LogP contribution in [0.2, 0.25) is 0 Å². The van der Waals surface area contributed by atoms with E-state index in [1.54, 1.807) is 5.32 Å². The lowest BCUT2D eigenvalue weighted by atomic mass is 10.3. The van der Waals surface area contributed by atoms with E-state index in [1.165, 1.54) is 6.92 Å². The third-order valence-electron chi connectivity index (χ3n) is 0.912. The van der Waals surface area contributed by atoms with Crippen LogP contribution in [-0.2, 0) is 14.4 Å². The molecule has 0 radical (unpaired) electrons. The van der Waals surface area contributed by atoms with Gasteiger partial charge in [-0.25, -0.2) is 4.79 Å². The summed E-state index contributed by atoms with van der Waals surface area (Å²) in [7, 11) is 0. The van der Waals surface area contributed by atoms with E-state index in [0.29, 0.717) is 0 Å². The first-order valence-electron chi connectivity index (χ1n) is 3.71. The molecule has 76 valence electrons. The van der Waals surface area contributed by atoms with Gasteiger partial charge in [-0.2, -0.15) is 0 Å². The van der Waals surface area contributed by atoms with Gasteiger partial charge in [-0.3, -0.25) is 9.59 Å². The fourth-order valence-corrected chi connectivity index (χ4v) is 0.320. The summed E-state index contributed by atoms with van der Waals surface area (Å²) in [5.74, 6) is -4.29. The molecule has 0 spiro atoms. The lowest BCUT2D eigenvalue weighted by Gasteiger charge is -2.04. The van der Waals surface area contributed by atoms with Gasteiger partial charge in [0.2, 0.25) is 0 Å². The number of nitrogens with one attached hydrogen (secondary N) is 1. The number of hydrogen-bond donors (Lipinski definition) is 3. The first-order valence-corrected chi connectivity index (χ1v) is 3.71. The van der Waals surface area contributed by atoms with Gasteiger partial charge < -0.3 is 15.5 Å². The Morgan fingerprint density at radius 3 is 1.77 bits per heavy atom. The van der Waals surface area contributed by atoms with E-state index in [2.05, 4.69) is 0 Å². The Labute approximate surface area is 75.6 Å². The summed E-state index contributed by atoms with van der Waals surface area (Å²) in [5.41, 5.74) is 0. The molecule has 0 aromatic rings. The molecular formula is C7H13NO5. The molecule has 1 atom stereocenters. The fraction of sp³-hybridized carbons (Fsp3) is 0.571. The Hall–Kier alpha value is -1.59. The minimum Gasteiger partial charge on any atom is -0.480 e. The Morgan fingerprint density at radius 1 is 1.15 bits per heavy atom. The minimum atomic E-state index is -1.70. The topological polar surface area (TPSA) is 104 Å². The van der Waals surface area contributed by atoms with Crippen LogP contribution in [0.3, 0.4) is 0 Å². The molecule has 0 saturated heterocycles. The highest BCUT2D eigenvalue weighted by molar-refractivity contribution is 6.31. The van der Waals surface area contributed by atoms with Crippen LogP contribution >= 0.6 is 0 Å². The lowest BCUT2D eigenvalue weighted by molar-refractivity contribution is -0.151. The van der Waals surface area contributed by atoms with Gasteiger partial charge in [0.25, 0.3) is 0 Å². The van der Waals surface area contributed by atoms with Crippen molar-refractivity contribution in [1.82, 2.24) is 5.32 Å². The zero-order valence-corrected chi connectivity index (χ0v) is 7.70. The summed E-state index contributed by atoms with van der Waals surface area (Å²) in [5, 5.41) is 18.0. The van der Waals surface area contributed by atoms with Gasteiger partial charge >= 0.3 is 17.8 Å². The summed E-state index contributed by atoms with van der Waals surface area (Å²) in [4.78, 5) is 30.2. The summed E-state index contributed by atoms with van der Waals surface area (Å²) in [6.45, 7) is 5.17. The van der Waals surface area contributed by atoms with Gasteiger partial charge in [0.15, 0.2) is 0 Å². The number of carbonyl (C=O) groups is 3. The van der Waals surface area contributed by atoms with Crippen LogP contribution in [0.5, 0.6) is 0 Å². The molecule has 0 aromatic heterocycles. The monoisotopic (exact) mass is 191 g/mol. The normalized spacial score (nSPS) is 10.4. The van der Waals surface area contributed by atoms with Crippen molar-refractivity contribution in [3.05, 3.63) is 0 Å². The van der Waals surface area contributed by atoms with Crippen molar-refractivity contribution in [2.45, 2.75) is 26.8 Å². The molecule has 0 rings (SSSR count). The molecule has 0 fully saturated rings. The molecule has 0 heterocycles. The van der Waals surface area contributed by atoms with Gasteiger partial charge in [0.05, 0.1) is 0 Å². The average Bonchev–Trinajstić information content (AvgIpc) is 2.07. The number of hydrogen-bond acceptors (Lipinski definition) is 3. The van der Waals surface area contributed by atoms with Crippen molar-refractivity contribution < 1.29 is 24.6 Å². The summed E-state index contributed by atoms with van der Waals surface area (Å²) in [6, 6.07) is -1.18. The van der Waals surface area contributed by atoms with Crippen LogP contribution in [0.25, 0.3) is 0 Å². The molecule has 3 N–H and O–H groups in total. The Morgan fingerprint density at radius 2 is 1.54 bits per heavy atom. The van der Waals surface area contributed by atoms with E-state index in [-0.39, 0.29) is 0 Å². The SMILES string of the molecule is CC.C[C@@H](NC(=O)C(=O)O)C(=O)O. The highest BCUT2D eigenvalue weighted by Crippen LogP contribution is 1.80. The first-order chi connectivity index (χ1) is 5.95. The van der Waals surface area contributed by atoms with Crippen molar-refractivity contribution in [2.75, 3.05) is 0 Å². The molecule has 6 nitrogen and oxygen atoms in total. The molecule has 6 heteroatoms. The molecular weight excluding hydrogens is 178 g/mol. The molecule has 13 heavy (non-hydrogen) atoms. The van der Waals surface area contributed by atoms with E-state index in [9.17, 15) is 14.4 Å². The summed E-state index contributed by atoms with van der Waals surface area (Å²) >= 11 is 0. The highest BCUT2D eigenvalue weighted by atomic mass is 16.4. The van der Waals surface area contributed by atoms with E-state index in [1.807, 2.05) is 13.8 Å². The summed E-state index contributed by atoms with van der Waals surface area (Å²) < 4.78 is 0. The molecule has 1 amide bonds. The first kappa shape index (κ1) is 14.0. The number of carboxylic acid groups (broad SMARTS) is 2. The zero-order valence-electron chi connectivity index (χ0n) is 7.70. The zero-order chi connectivity index (χ0) is 11.0. The second-order valence-corrected chi connectivity index (χ2v) is 1.84. The maximum Gasteiger partial charge on any atom is 0.394 e. The average molecular weight is 191 g/mol. The van der Waals surface area contributed by atoms with E-state index < -0.39 is 23.9 Å². The van der Waals surface area contributed by atoms with Crippen LogP contribution < -0.4 is 5.32 Å². The largest absolute Gasteiger partial charge is 0.480 e. The number of carbonyl (C=O) groups excluding carboxylic acids is 1. The van der Waals surface area contributed by atoms with Crippen molar-refractivity contribution in [1.29, 1.82) is 0 Å².